The van der Waals surface area contributed by atoms with Gasteiger partial charge in [0.05, 0.1) is 0 Å². The van der Waals surface area contributed by atoms with Crippen molar-refractivity contribution in [2.24, 2.45) is 0 Å². The monoisotopic (exact) mass is 353 g/mol. The Labute approximate surface area is 148 Å². The van der Waals surface area contributed by atoms with Crippen molar-refractivity contribution in [3.05, 3.63) is 54.1 Å². The topological polar surface area (TPSA) is 73.3 Å². The maximum atomic E-state index is 12.4. The summed E-state index contributed by atoms with van der Waals surface area (Å²) in [5.41, 5.74) is 2.14. The lowest BCUT2D eigenvalue weighted by molar-refractivity contribution is -0.125. The number of amides is 1. The smallest absolute Gasteiger partial charge is 0.270 e. The summed E-state index contributed by atoms with van der Waals surface area (Å²) in [6, 6.07) is 15.3. The Hall–Kier alpha value is -2.93. The number of fused-ring (bicyclic) bond motifs is 1. The van der Waals surface area contributed by atoms with Crippen molar-refractivity contribution >= 4 is 22.4 Å². The van der Waals surface area contributed by atoms with Crippen molar-refractivity contribution in [1.82, 2.24) is 10.2 Å². The third-order valence-electron chi connectivity index (χ3n) is 3.75. The summed E-state index contributed by atoms with van der Waals surface area (Å²) in [5, 5.41) is 12.1. The molecule has 0 radical (unpaired) electrons. The van der Waals surface area contributed by atoms with Gasteiger partial charge >= 0.3 is 0 Å². The van der Waals surface area contributed by atoms with Crippen LogP contribution in [0, 0.1) is 6.92 Å². The zero-order chi connectivity index (χ0) is 17.2. The lowest BCUT2D eigenvalue weighted by Crippen LogP contribution is -2.40. The molecule has 6 nitrogen and oxygen atoms in total. The SMILES string of the molecule is Cc1ccc(-c2nnc(NC(=O)[C@@H]3COc4ccccc4O3)s2)cc1. The van der Waals surface area contributed by atoms with Crippen LogP contribution in [0.3, 0.4) is 0 Å². The zero-order valence-electron chi connectivity index (χ0n) is 13.4. The largest absolute Gasteiger partial charge is 0.485 e. The number of hydrogen-bond acceptors (Lipinski definition) is 6. The van der Waals surface area contributed by atoms with Crippen LogP contribution in [-0.4, -0.2) is 28.8 Å². The standard InChI is InChI=1S/C18H15N3O3S/c1-11-6-8-12(9-7-11)17-20-21-18(25-17)19-16(22)15-10-23-13-4-2-3-5-14(13)24-15/h2-9,15H,10H2,1H3,(H,19,21,22)/t15-/m0/s1. The van der Waals surface area contributed by atoms with Crippen LogP contribution < -0.4 is 14.8 Å². The number of aryl methyl sites for hydroxylation is 1. The molecular weight excluding hydrogens is 338 g/mol. The molecule has 1 aliphatic heterocycles. The van der Waals surface area contributed by atoms with Crippen LogP contribution in [-0.2, 0) is 4.79 Å². The maximum absolute atomic E-state index is 12.4. The predicted octanol–water partition coefficient (Wildman–Crippen LogP) is 3.29. The van der Waals surface area contributed by atoms with Crippen molar-refractivity contribution in [2.75, 3.05) is 11.9 Å². The molecule has 1 atom stereocenters. The second-order valence-electron chi connectivity index (χ2n) is 5.63. The third kappa shape index (κ3) is 3.32. The van der Waals surface area contributed by atoms with Gasteiger partial charge in [0.15, 0.2) is 11.5 Å². The van der Waals surface area contributed by atoms with E-state index in [2.05, 4.69) is 15.5 Å². The third-order valence-corrected chi connectivity index (χ3v) is 4.64. The molecule has 7 heteroatoms. The Balaban J connectivity index is 1.44. The van der Waals surface area contributed by atoms with Crippen molar-refractivity contribution in [3.8, 4) is 22.1 Å². The van der Waals surface area contributed by atoms with Gasteiger partial charge in [-0.15, -0.1) is 10.2 Å². The molecule has 0 saturated heterocycles. The van der Waals surface area contributed by atoms with E-state index in [-0.39, 0.29) is 12.5 Å². The molecule has 0 fully saturated rings. The second-order valence-corrected chi connectivity index (χ2v) is 6.61. The molecular formula is C18H15N3O3S. The van der Waals surface area contributed by atoms with Crippen LogP contribution >= 0.6 is 11.3 Å². The molecule has 25 heavy (non-hydrogen) atoms. The molecule has 126 valence electrons. The van der Waals surface area contributed by atoms with E-state index in [1.54, 1.807) is 6.07 Å². The number of rotatable bonds is 3. The molecule has 0 spiro atoms. The van der Waals surface area contributed by atoms with Crippen LogP contribution in [0.4, 0.5) is 5.13 Å². The Kier molecular flexibility index (Phi) is 4.07. The maximum Gasteiger partial charge on any atom is 0.270 e. The number of benzene rings is 2. The Bertz CT molecular complexity index is 908. The number of aromatic nitrogens is 2. The summed E-state index contributed by atoms with van der Waals surface area (Å²) in [4.78, 5) is 12.4. The molecule has 3 aromatic rings. The minimum absolute atomic E-state index is 0.159. The Morgan fingerprint density at radius 3 is 2.68 bits per heavy atom. The van der Waals surface area contributed by atoms with Gasteiger partial charge in [0.1, 0.15) is 11.6 Å². The summed E-state index contributed by atoms with van der Waals surface area (Å²) in [6.07, 6.45) is -0.721. The van der Waals surface area contributed by atoms with E-state index in [1.807, 2.05) is 49.4 Å². The van der Waals surface area contributed by atoms with Gasteiger partial charge in [-0.2, -0.15) is 0 Å². The van der Waals surface area contributed by atoms with Gasteiger partial charge in [-0.3, -0.25) is 10.1 Å². The highest BCUT2D eigenvalue weighted by molar-refractivity contribution is 7.18. The number of ether oxygens (including phenoxy) is 2. The molecule has 0 aliphatic carbocycles. The average molecular weight is 353 g/mol. The van der Waals surface area contributed by atoms with E-state index < -0.39 is 6.10 Å². The molecule has 0 unspecified atom stereocenters. The first-order chi connectivity index (χ1) is 12.2. The average Bonchev–Trinajstić information content (AvgIpc) is 3.10. The summed E-state index contributed by atoms with van der Waals surface area (Å²) in [6.45, 7) is 2.19. The number of carbonyl (C=O) groups is 1. The van der Waals surface area contributed by atoms with Crippen LogP contribution in [0.2, 0.25) is 0 Å². The summed E-state index contributed by atoms with van der Waals surface area (Å²) in [7, 11) is 0. The van der Waals surface area contributed by atoms with Gasteiger partial charge in [0, 0.05) is 5.56 Å². The highest BCUT2D eigenvalue weighted by Gasteiger charge is 2.28. The number of nitrogens with one attached hydrogen (secondary N) is 1. The van der Waals surface area contributed by atoms with Crippen LogP contribution in [0.5, 0.6) is 11.5 Å². The second kappa shape index (κ2) is 6.52. The van der Waals surface area contributed by atoms with Gasteiger partial charge < -0.3 is 9.47 Å². The first-order valence-electron chi connectivity index (χ1n) is 7.79. The number of carbonyl (C=O) groups excluding carboxylic acids is 1. The van der Waals surface area contributed by atoms with Crippen molar-refractivity contribution in [1.29, 1.82) is 0 Å². The van der Waals surface area contributed by atoms with E-state index in [4.69, 9.17) is 9.47 Å². The van der Waals surface area contributed by atoms with Gasteiger partial charge in [-0.25, -0.2) is 0 Å². The molecule has 1 amide bonds. The molecule has 1 N–H and O–H groups in total. The fraction of sp³-hybridized carbons (Fsp3) is 0.167. The summed E-state index contributed by atoms with van der Waals surface area (Å²) in [5.74, 6) is 0.900. The highest BCUT2D eigenvalue weighted by Crippen LogP contribution is 2.31. The summed E-state index contributed by atoms with van der Waals surface area (Å²) < 4.78 is 11.3. The van der Waals surface area contributed by atoms with Gasteiger partial charge in [-0.05, 0) is 19.1 Å². The van der Waals surface area contributed by atoms with Crippen LogP contribution in [0.15, 0.2) is 48.5 Å². The number of nitrogens with zero attached hydrogens (tertiary/aromatic N) is 2. The van der Waals surface area contributed by atoms with E-state index >= 15 is 0 Å². The van der Waals surface area contributed by atoms with E-state index in [9.17, 15) is 4.79 Å². The van der Waals surface area contributed by atoms with Crippen LogP contribution in [0.1, 0.15) is 5.56 Å². The highest BCUT2D eigenvalue weighted by atomic mass is 32.1. The van der Waals surface area contributed by atoms with Gasteiger partial charge in [-0.1, -0.05) is 53.3 Å². The number of hydrogen-bond donors (Lipinski definition) is 1. The van der Waals surface area contributed by atoms with E-state index in [1.165, 1.54) is 16.9 Å². The molecule has 1 aliphatic rings. The molecule has 0 bridgehead atoms. The molecule has 2 aromatic carbocycles. The predicted molar refractivity (Wildman–Crippen MR) is 95.1 cm³/mol. The lowest BCUT2D eigenvalue weighted by Gasteiger charge is -2.25. The van der Waals surface area contributed by atoms with Crippen molar-refractivity contribution in [2.45, 2.75) is 13.0 Å². The quantitative estimate of drug-likeness (QED) is 0.782. The van der Waals surface area contributed by atoms with E-state index in [0.29, 0.717) is 16.6 Å². The summed E-state index contributed by atoms with van der Waals surface area (Å²) >= 11 is 1.32. The van der Waals surface area contributed by atoms with Gasteiger partial charge in [0.2, 0.25) is 11.2 Å². The molecule has 2 heterocycles. The Morgan fingerprint density at radius 2 is 1.88 bits per heavy atom. The normalized spacial score (nSPS) is 15.6. The molecule has 1 aromatic heterocycles. The number of anilines is 1. The minimum atomic E-state index is -0.721. The van der Waals surface area contributed by atoms with E-state index in [0.717, 1.165) is 10.6 Å². The fourth-order valence-corrected chi connectivity index (χ4v) is 3.17. The van der Waals surface area contributed by atoms with Crippen molar-refractivity contribution < 1.29 is 14.3 Å². The Morgan fingerprint density at radius 1 is 1.12 bits per heavy atom. The lowest BCUT2D eigenvalue weighted by atomic mass is 10.2. The zero-order valence-corrected chi connectivity index (χ0v) is 14.2. The first kappa shape index (κ1) is 15.6. The van der Waals surface area contributed by atoms with Gasteiger partial charge in [0.25, 0.3) is 5.91 Å². The van der Waals surface area contributed by atoms with Crippen LogP contribution in [0.25, 0.3) is 10.6 Å². The number of para-hydroxylation sites is 2. The minimum Gasteiger partial charge on any atom is -0.485 e. The fourth-order valence-electron chi connectivity index (χ4n) is 2.42. The first-order valence-corrected chi connectivity index (χ1v) is 8.60. The molecule has 0 saturated carbocycles. The van der Waals surface area contributed by atoms with Crippen molar-refractivity contribution in [3.63, 3.8) is 0 Å². The molecule has 4 rings (SSSR count).